The second-order valence-electron chi connectivity index (χ2n) is 10.1. The minimum absolute atomic E-state index is 0.0482. The van der Waals surface area contributed by atoms with Crippen LogP contribution >= 0.6 is 46.3 Å². The van der Waals surface area contributed by atoms with Crippen LogP contribution in [-0.4, -0.2) is 48.1 Å². The predicted molar refractivity (Wildman–Crippen MR) is 183 cm³/mol. The van der Waals surface area contributed by atoms with Crippen molar-refractivity contribution in [2.45, 2.75) is 35.0 Å². The van der Waals surface area contributed by atoms with Crippen LogP contribution in [0.1, 0.15) is 38.1 Å². The number of hydrogen-bond acceptors (Lipinski definition) is 9. The largest absolute Gasteiger partial charge is 0.451 e. The van der Waals surface area contributed by atoms with Gasteiger partial charge in [0.05, 0.1) is 26.9 Å². The highest BCUT2D eigenvalue weighted by atomic mass is 35.5. The second kappa shape index (κ2) is 14.7. The van der Waals surface area contributed by atoms with Crippen molar-refractivity contribution < 1.29 is 26.4 Å². The van der Waals surface area contributed by atoms with Gasteiger partial charge in [-0.05, 0) is 104 Å². The van der Waals surface area contributed by atoms with E-state index in [0.717, 1.165) is 25.3 Å². The monoisotopic (exact) mass is 765 g/mol. The molecule has 0 spiro atoms. The highest BCUT2D eigenvalue weighted by Gasteiger charge is 2.38. The van der Waals surface area contributed by atoms with E-state index >= 15 is 0 Å². The third-order valence-electron chi connectivity index (χ3n) is 6.70. The zero-order chi connectivity index (χ0) is 35.5. The fourth-order valence-corrected chi connectivity index (χ4v) is 7.14. The highest BCUT2D eigenvalue weighted by molar-refractivity contribution is 7.99. The Kier molecular flexibility index (Phi) is 10.8. The van der Waals surface area contributed by atoms with Gasteiger partial charge in [0.15, 0.2) is 5.16 Å². The van der Waals surface area contributed by atoms with Crippen LogP contribution in [0.4, 0.5) is 13.2 Å². The van der Waals surface area contributed by atoms with Gasteiger partial charge in [-0.3, -0.25) is 4.79 Å². The number of carbonyl (C=O) groups excluding carboxylic acids is 1. The second-order valence-corrected chi connectivity index (χ2v) is 14.7. The number of carbonyl (C=O) groups is 1. The van der Waals surface area contributed by atoms with Gasteiger partial charge in [-0.25, -0.2) is 0 Å². The van der Waals surface area contributed by atoms with Gasteiger partial charge >= 0.3 is 6.18 Å². The first-order valence-electron chi connectivity index (χ1n) is 13.9. The molecule has 6 rings (SSSR count). The van der Waals surface area contributed by atoms with Crippen molar-refractivity contribution in [2.75, 3.05) is 0 Å². The van der Waals surface area contributed by atoms with Gasteiger partial charge < -0.3 is 4.57 Å². The Bertz CT molecular complexity index is 2230. The Morgan fingerprint density at radius 1 is 0.918 bits per heavy atom. The number of aryl methyl sites for hydroxylation is 1. The molecule has 0 aliphatic carbocycles. The Labute approximate surface area is 296 Å². The van der Waals surface area contributed by atoms with Crippen molar-refractivity contribution in [1.82, 2.24) is 33.7 Å². The summed E-state index contributed by atoms with van der Waals surface area (Å²) in [5.41, 5.74) is 1.95. The molecule has 0 aliphatic heterocycles. The summed E-state index contributed by atoms with van der Waals surface area (Å²) in [6.45, 7) is 3.33. The molecule has 4 aromatic heterocycles. The lowest BCUT2D eigenvalue weighted by molar-refractivity contribution is -0.147. The molecule has 4 heterocycles. The van der Waals surface area contributed by atoms with Crippen molar-refractivity contribution in [2.24, 2.45) is 7.05 Å². The lowest BCUT2D eigenvalue weighted by atomic mass is 10.2. The molecule has 0 bridgehead atoms. The number of thiophene rings is 1. The number of nitrogens with zero attached hydrogens (tertiary/aromatic N) is 7. The van der Waals surface area contributed by atoms with Crippen LogP contribution in [-0.2, 0) is 23.2 Å². The Hall–Kier alpha value is -4.22. The number of halogens is 5. The van der Waals surface area contributed by atoms with E-state index in [9.17, 15) is 26.4 Å². The zero-order valence-electron chi connectivity index (χ0n) is 25.6. The molecule has 0 amide bonds. The minimum atomic E-state index is -4.60. The van der Waals surface area contributed by atoms with E-state index in [1.165, 1.54) is 42.2 Å². The molecule has 0 fully saturated rings. The normalized spacial score (nSPS) is 11.9. The summed E-state index contributed by atoms with van der Waals surface area (Å²) in [5, 5.41) is 18.1. The van der Waals surface area contributed by atoms with E-state index in [1.807, 2.05) is 23.6 Å². The summed E-state index contributed by atoms with van der Waals surface area (Å²) in [6.07, 6.45) is 0.503. The van der Waals surface area contributed by atoms with Crippen molar-refractivity contribution in [3.05, 3.63) is 122 Å². The zero-order valence-corrected chi connectivity index (χ0v) is 29.6. The third-order valence-corrected chi connectivity index (χ3v) is 10.9. The number of hydrogen-bond donors (Lipinski definition) is 0. The molecule has 0 radical (unpaired) electrons. The van der Waals surface area contributed by atoms with Gasteiger partial charge in [-0.15, -0.1) is 21.5 Å². The highest BCUT2D eigenvalue weighted by Crippen LogP contribution is 2.35. The Morgan fingerprint density at radius 3 is 2.16 bits per heavy atom. The standard InChI is InChI=1S/C16H13ClF3N5OS.C15H11ClN2O2S2/c1-8-12(27-15-22-21-14(24(15)3)16(18,19)20)9(2)25(23-8)13(26)10-4-6-11(17)7-5-10;16-12-3-7-15(8-4-12)22(19,20)18-10-9-13(17-18)5-6-14-2-1-11-21-14/h4-7H,1-3H3;1-11H. The van der Waals surface area contributed by atoms with Crippen LogP contribution in [0.15, 0.2) is 93.3 Å². The third kappa shape index (κ3) is 8.33. The number of rotatable bonds is 7. The molecule has 10 nitrogen and oxygen atoms in total. The molecule has 0 unspecified atom stereocenters. The lowest BCUT2D eigenvalue weighted by Crippen LogP contribution is -2.15. The SMILES string of the molecule is Cc1nn(C(=O)c2ccc(Cl)cc2)c(C)c1Sc1nnc(C(F)(F)F)n1C.O=S(=O)(c1ccc(Cl)cc1)n1ccc(C=Cc2cccs2)n1. The van der Waals surface area contributed by atoms with Gasteiger partial charge in [0, 0.05) is 33.7 Å². The van der Waals surface area contributed by atoms with Crippen LogP contribution in [0, 0.1) is 13.8 Å². The van der Waals surface area contributed by atoms with Gasteiger partial charge in [-0.2, -0.15) is 40.6 Å². The first-order chi connectivity index (χ1) is 23.1. The molecule has 254 valence electrons. The lowest BCUT2D eigenvalue weighted by Gasteiger charge is -2.07. The smallest absolute Gasteiger partial charge is 0.301 e. The number of benzene rings is 2. The van der Waals surface area contributed by atoms with Gasteiger partial charge in [0.25, 0.3) is 15.9 Å². The number of aromatic nitrogens is 7. The van der Waals surface area contributed by atoms with E-state index in [0.29, 0.717) is 37.6 Å². The van der Waals surface area contributed by atoms with E-state index in [2.05, 4.69) is 20.4 Å². The van der Waals surface area contributed by atoms with Gasteiger partial charge in [0.1, 0.15) is 0 Å². The maximum Gasteiger partial charge on any atom is 0.451 e. The summed E-state index contributed by atoms with van der Waals surface area (Å²) >= 11 is 14.2. The van der Waals surface area contributed by atoms with Crippen LogP contribution < -0.4 is 0 Å². The summed E-state index contributed by atoms with van der Waals surface area (Å²) in [6, 6.07) is 17.9. The summed E-state index contributed by atoms with van der Waals surface area (Å²) in [5.74, 6) is -1.46. The van der Waals surface area contributed by atoms with Crippen LogP contribution in [0.3, 0.4) is 0 Å². The number of alkyl halides is 3. The molecule has 0 N–H and O–H groups in total. The van der Waals surface area contributed by atoms with E-state index in [4.69, 9.17) is 23.2 Å². The molecular weight excluding hydrogens is 742 g/mol. The minimum Gasteiger partial charge on any atom is -0.301 e. The van der Waals surface area contributed by atoms with Crippen LogP contribution in [0.25, 0.3) is 12.2 Å². The molecule has 0 saturated heterocycles. The predicted octanol–water partition coefficient (Wildman–Crippen LogP) is 8.15. The van der Waals surface area contributed by atoms with Crippen molar-refractivity contribution in [1.29, 1.82) is 0 Å². The van der Waals surface area contributed by atoms with E-state index < -0.39 is 22.0 Å². The summed E-state index contributed by atoms with van der Waals surface area (Å²) in [7, 11) is -2.46. The average molecular weight is 767 g/mol. The van der Waals surface area contributed by atoms with E-state index in [-0.39, 0.29) is 16.0 Å². The Morgan fingerprint density at radius 2 is 1.57 bits per heavy atom. The fraction of sp³-hybridized carbons (Fsp3) is 0.129. The molecule has 0 saturated carbocycles. The average Bonchev–Trinajstić information content (AvgIpc) is 3.87. The molecule has 49 heavy (non-hydrogen) atoms. The summed E-state index contributed by atoms with van der Waals surface area (Å²) < 4.78 is 66.5. The first kappa shape index (κ1) is 36.1. The summed E-state index contributed by atoms with van der Waals surface area (Å²) in [4.78, 5) is 14.4. The van der Waals surface area contributed by atoms with Crippen molar-refractivity contribution in [3.63, 3.8) is 0 Å². The van der Waals surface area contributed by atoms with Gasteiger partial charge in [-0.1, -0.05) is 29.3 Å². The molecule has 6 aromatic rings. The van der Waals surface area contributed by atoms with Crippen molar-refractivity contribution in [3.8, 4) is 0 Å². The molecule has 18 heteroatoms. The molecular formula is C31H24Cl2F3N7O3S3. The van der Waals surface area contributed by atoms with Crippen molar-refractivity contribution >= 4 is 74.4 Å². The Balaban J connectivity index is 0.000000195. The van der Waals surface area contributed by atoms with E-state index in [1.54, 1.807) is 61.6 Å². The maximum atomic E-state index is 12.9. The molecule has 0 atom stereocenters. The maximum absolute atomic E-state index is 12.9. The fourth-order valence-electron chi connectivity index (χ4n) is 4.24. The van der Waals surface area contributed by atoms with Crippen LogP contribution in [0.2, 0.25) is 10.0 Å². The van der Waals surface area contributed by atoms with Crippen LogP contribution in [0.5, 0.6) is 0 Å². The first-order valence-corrected chi connectivity index (χ1v) is 17.8. The molecule has 2 aromatic carbocycles. The van der Waals surface area contributed by atoms with Gasteiger partial charge in [0.2, 0.25) is 5.82 Å². The quantitative estimate of drug-likeness (QED) is 0.160. The topological polar surface area (TPSA) is 118 Å². The molecule has 0 aliphatic rings.